The maximum Gasteiger partial charge on any atom is 0.304 e. The fourth-order valence-electron chi connectivity index (χ4n) is 0.978. The molecule has 0 unspecified atom stereocenters. The van der Waals surface area contributed by atoms with Gasteiger partial charge in [-0.2, -0.15) is 8.42 Å². The van der Waals surface area contributed by atoms with E-state index < -0.39 is 21.9 Å². The van der Waals surface area contributed by atoms with Gasteiger partial charge in [-0.15, -0.1) is 3.89 Å². The molecule has 1 amide bonds. The van der Waals surface area contributed by atoms with Crippen molar-refractivity contribution in [2.24, 2.45) is 0 Å². The van der Waals surface area contributed by atoms with Crippen molar-refractivity contribution < 1.29 is 17.1 Å². The van der Waals surface area contributed by atoms with E-state index in [1.807, 2.05) is 0 Å². The van der Waals surface area contributed by atoms with Gasteiger partial charge >= 0.3 is 10.2 Å². The molecule has 0 aliphatic heterocycles. The SMILES string of the molecule is O=C(NCCS(=O)(=O)F)c1ccccc1. The molecule has 0 bridgehead atoms. The van der Waals surface area contributed by atoms with E-state index in [0.29, 0.717) is 5.56 Å². The van der Waals surface area contributed by atoms with Gasteiger partial charge in [-0.05, 0) is 12.1 Å². The van der Waals surface area contributed by atoms with E-state index in [1.165, 1.54) is 0 Å². The first-order chi connectivity index (χ1) is 6.99. The average Bonchev–Trinajstić information content (AvgIpc) is 2.17. The average molecular weight is 231 g/mol. The molecule has 1 rings (SSSR count). The molecule has 4 nitrogen and oxygen atoms in total. The zero-order chi connectivity index (χ0) is 11.3. The lowest BCUT2D eigenvalue weighted by Crippen LogP contribution is -2.28. The third-order valence-electron chi connectivity index (χ3n) is 1.67. The molecule has 15 heavy (non-hydrogen) atoms. The van der Waals surface area contributed by atoms with Crippen LogP contribution in [0, 0.1) is 0 Å². The van der Waals surface area contributed by atoms with Gasteiger partial charge in [0.2, 0.25) is 0 Å². The monoisotopic (exact) mass is 231 g/mol. The molecule has 0 spiro atoms. The zero-order valence-corrected chi connectivity index (χ0v) is 8.63. The van der Waals surface area contributed by atoms with Crippen molar-refractivity contribution in [3.8, 4) is 0 Å². The van der Waals surface area contributed by atoms with Gasteiger partial charge in [-0.3, -0.25) is 4.79 Å². The van der Waals surface area contributed by atoms with Crippen LogP contribution in [0.1, 0.15) is 10.4 Å². The largest absolute Gasteiger partial charge is 0.351 e. The predicted octanol–water partition coefficient (Wildman–Crippen LogP) is 0.716. The lowest BCUT2D eigenvalue weighted by molar-refractivity contribution is 0.0956. The van der Waals surface area contributed by atoms with Crippen LogP contribution in [0.4, 0.5) is 3.89 Å². The summed E-state index contributed by atoms with van der Waals surface area (Å²) in [6, 6.07) is 8.28. The van der Waals surface area contributed by atoms with Crippen LogP contribution in [0.5, 0.6) is 0 Å². The minimum Gasteiger partial charge on any atom is -0.351 e. The number of nitrogens with one attached hydrogen (secondary N) is 1. The molecule has 0 radical (unpaired) electrons. The van der Waals surface area contributed by atoms with Crippen LogP contribution in [0.3, 0.4) is 0 Å². The Hall–Kier alpha value is -1.43. The third kappa shape index (κ3) is 4.55. The highest BCUT2D eigenvalue weighted by Crippen LogP contribution is 1.97. The highest BCUT2D eigenvalue weighted by atomic mass is 32.3. The molecule has 0 aliphatic rings. The van der Waals surface area contributed by atoms with E-state index in [0.717, 1.165) is 0 Å². The Morgan fingerprint density at radius 3 is 2.40 bits per heavy atom. The molecule has 0 saturated heterocycles. The van der Waals surface area contributed by atoms with Crippen molar-refractivity contribution in [3.05, 3.63) is 35.9 Å². The Morgan fingerprint density at radius 2 is 1.87 bits per heavy atom. The van der Waals surface area contributed by atoms with Gasteiger partial charge in [-0.25, -0.2) is 0 Å². The molecule has 1 aromatic carbocycles. The van der Waals surface area contributed by atoms with Crippen molar-refractivity contribution in [1.82, 2.24) is 5.32 Å². The topological polar surface area (TPSA) is 63.2 Å². The van der Waals surface area contributed by atoms with Crippen LogP contribution in [-0.4, -0.2) is 26.6 Å². The third-order valence-corrected chi connectivity index (χ3v) is 2.36. The van der Waals surface area contributed by atoms with Gasteiger partial charge in [0.05, 0.1) is 5.75 Å². The summed E-state index contributed by atoms with van der Waals surface area (Å²) in [6.45, 7) is -0.230. The van der Waals surface area contributed by atoms with Crippen molar-refractivity contribution in [2.45, 2.75) is 0 Å². The summed E-state index contributed by atoms with van der Waals surface area (Å²) in [5.41, 5.74) is 0.411. The molecule has 0 heterocycles. The number of amides is 1. The Bertz CT molecular complexity index is 430. The summed E-state index contributed by atoms with van der Waals surface area (Å²) >= 11 is 0. The molecular weight excluding hydrogens is 221 g/mol. The van der Waals surface area contributed by atoms with Crippen LogP contribution in [-0.2, 0) is 10.2 Å². The Labute approximate surface area is 87.3 Å². The summed E-state index contributed by atoms with van der Waals surface area (Å²) < 4.78 is 32.3. The van der Waals surface area contributed by atoms with Gasteiger partial charge in [0, 0.05) is 12.1 Å². The van der Waals surface area contributed by atoms with Crippen LogP contribution in [0.25, 0.3) is 0 Å². The summed E-state index contributed by atoms with van der Waals surface area (Å²) in [4.78, 5) is 11.3. The molecular formula is C9H10FNO3S. The minimum absolute atomic E-state index is 0.230. The summed E-state index contributed by atoms with van der Waals surface area (Å²) in [5, 5.41) is 2.30. The van der Waals surface area contributed by atoms with Crippen molar-refractivity contribution in [1.29, 1.82) is 0 Å². The number of benzene rings is 1. The summed E-state index contributed by atoms with van der Waals surface area (Å²) in [5.74, 6) is -1.12. The summed E-state index contributed by atoms with van der Waals surface area (Å²) in [7, 11) is -4.52. The fourth-order valence-corrected chi connectivity index (χ4v) is 1.32. The second-order valence-electron chi connectivity index (χ2n) is 2.86. The molecule has 0 atom stereocenters. The maximum absolute atomic E-state index is 12.1. The second kappa shape index (κ2) is 4.88. The molecule has 6 heteroatoms. The van der Waals surface area contributed by atoms with Crippen LogP contribution in [0.15, 0.2) is 30.3 Å². The number of carbonyl (C=O) groups is 1. The van der Waals surface area contributed by atoms with E-state index in [2.05, 4.69) is 5.32 Å². The van der Waals surface area contributed by atoms with E-state index in [4.69, 9.17) is 0 Å². The van der Waals surface area contributed by atoms with Crippen LogP contribution in [0.2, 0.25) is 0 Å². The first-order valence-electron chi connectivity index (χ1n) is 4.24. The molecule has 0 saturated carbocycles. The van der Waals surface area contributed by atoms with Crippen LogP contribution >= 0.6 is 0 Å². The number of carbonyl (C=O) groups excluding carboxylic acids is 1. The minimum atomic E-state index is -4.52. The van der Waals surface area contributed by atoms with Gasteiger partial charge in [0.25, 0.3) is 5.91 Å². The van der Waals surface area contributed by atoms with Gasteiger partial charge in [-0.1, -0.05) is 18.2 Å². The maximum atomic E-state index is 12.1. The van der Waals surface area contributed by atoms with E-state index >= 15 is 0 Å². The Balaban J connectivity index is 2.45. The van der Waals surface area contributed by atoms with Crippen molar-refractivity contribution in [2.75, 3.05) is 12.3 Å². The number of rotatable bonds is 4. The van der Waals surface area contributed by atoms with E-state index in [1.54, 1.807) is 30.3 Å². The van der Waals surface area contributed by atoms with E-state index in [-0.39, 0.29) is 6.54 Å². The van der Waals surface area contributed by atoms with Gasteiger partial charge in [0.1, 0.15) is 0 Å². The smallest absolute Gasteiger partial charge is 0.304 e. The van der Waals surface area contributed by atoms with Gasteiger partial charge < -0.3 is 5.32 Å². The molecule has 0 aromatic heterocycles. The molecule has 82 valence electrons. The molecule has 0 fully saturated rings. The standard InChI is InChI=1S/C9H10FNO3S/c10-15(13,14)7-6-11-9(12)8-4-2-1-3-5-8/h1-5H,6-7H2,(H,11,12). The Morgan fingerprint density at radius 1 is 1.27 bits per heavy atom. The summed E-state index contributed by atoms with van der Waals surface area (Å²) in [6.07, 6.45) is 0. The van der Waals surface area contributed by atoms with Crippen molar-refractivity contribution >= 4 is 16.1 Å². The molecule has 1 N–H and O–H groups in total. The number of hydrogen-bond donors (Lipinski definition) is 1. The number of hydrogen-bond acceptors (Lipinski definition) is 3. The normalized spacial score (nSPS) is 11.0. The first kappa shape index (κ1) is 11.6. The fraction of sp³-hybridized carbons (Fsp3) is 0.222. The predicted molar refractivity (Wildman–Crippen MR) is 53.7 cm³/mol. The zero-order valence-electron chi connectivity index (χ0n) is 7.81. The first-order valence-corrected chi connectivity index (χ1v) is 5.80. The molecule has 1 aromatic rings. The van der Waals surface area contributed by atoms with Crippen LogP contribution < -0.4 is 5.32 Å². The lowest BCUT2D eigenvalue weighted by atomic mass is 10.2. The van der Waals surface area contributed by atoms with Gasteiger partial charge in [0.15, 0.2) is 0 Å². The lowest BCUT2D eigenvalue weighted by Gasteiger charge is -2.02. The number of halogens is 1. The van der Waals surface area contributed by atoms with Crippen molar-refractivity contribution in [3.63, 3.8) is 0 Å². The molecule has 0 aliphatic carbocycles. The second-order valence-corrected chi connectivity index (χ2v) is 4.35. The quantitative estimate of drug-likeness (QED) is 0.776. The Kier molecular flexibility index (Phi) is 3.79. The van der Waals surface area contributed by atoms with E-state index in [9.17, 15) is 17.1 Å². The highest BCUT2D eigenvalue weighted by Gasteiger charge is 2.08. The highest BCUT2D eigenvalue weighted by molar-refractivity contribution is 7.86.